The van der Waals surface area contributed by atoms with Crippen LogP contribution in [-0.2, 0) is 0 Å². The standard InChI is InChI=1S/C10H20O2/c1-10(2)5-3-4-8(6-11)9(10)7-12/h8-9,11-12H,3-7H2,1-2H3. The largest absolute Gasteiger partial charge is 0.396 e. The highest BCUT2D eigenvalue weighted by molar-refractivity contribution is 4.87. The maximum atomic E-state index is 9.22. The van der Waals surface area contributed by atoms with Gasteiger partial charge in [0.1, 0.15) is 0 Å². The van der Waals surface area contributed by atoms with Crippen molar-refractivity contribution in [1.82, 2.24) is 0 Å². The van der Waals surface area contributed by atoms with E-state index in [0.29, 0.717) is 5.92 Å². The van der Waals surface area contributed by atoms with E-state index in [2.05, 4.69) is 13.8 Å². The molecule has 2 unspecified atom stereocenters. The van der Waals surface area contributed by atoms with Crippen LogP contribution in [0.15, 0.2) is 0 Å². The first kappa shape index (κ1) is 10.0. The molecule has 2 heteroatoms. The van der Waals surface area contributed by atoms with E-state index in [9.17, 15) is 5.11 Å². The Labute approximate surface area is 74.6 Å². The van der Waals surface area contributed by atoms with Crippen molar-refractivity contribution >= 4 is 0 Å². The van der Waals surface area contributed by atoms with Crippen molar-refractivity contribution in [2.45, 2.75) is 33.1 Å². The number of hydrogen-bond acceptors (Lipinski definition) is 2. The monoisotopic (exact) mass is 172 g/mol. The summed E-state index contributed by atoms with van der Waals surface area (Å²) in [6.45, 7) is 4.83. The smallest absolute Gasteiger partial charge is 0.0467 e. The van der Waals surface area contributed by atoms with Gasteiger partial charge in [-0.1, -0.05) is 20.3 Å². The fourth-order valence-electron chi connectivity index (χ4n) is 2.46. The van der Waals surface area contributed by atoms with Crippen molar-refractivity contribution in [3.63, 3.8) is 0 Å². The number of rotatable bonds is 2. The molecule has 2 N–H and O–H groups in total. The molecule has 1 fully saturated rings. The Kier molecular flexibility index (Phi) is 3.13. The van der Waals surface area contributed by atoms with E-state index < -0.39 is 0 Å². The Morgan fingerprint density at radius 3 is 2.33 bits per heavy atom. The van der Waals surface area contributed by atoms with E-state index in [1.54, 1.807) is 0 Å². The maximum Gasteiger partial charge on any atom is 0.0467 e. The molecule has 0 spiro atoms. The molecule has 2 nitrogen and oxygen atoms in total. The molecule has 1 rings (SSSR count). The molecule has 0 aliphatic heterocycles. The third-order valence-electron chi connectivity index (χ3n) is 3.40. The van der Waals surface area contributed by atoms with Gasteiger partial charge in [-0.25, -0.2) is 0 Å². The molecule has 12 heavy (non-hydrogen) atoms. The molecule has 0 saturated heterocycles. The van der Waals surface area contributed by atoms with Gasteiger partial charge >= 0.3 is 0 Å². The van der Waals surface area contributed by atoms with E-state index in [-0.39, 0.29) is 24.5 Å². The van der Waals surface area contributed by atoms with Crippen molar-refractivity contribution < 1.29 is 10.2 Å². The fraction of sp³-hybridized carbons (Fsp3) is 1.00. The molecule has 0 amide bonds. The van der Waals surface area contributed by atoms with Crippen LogP contribution in [0, 0.1) is 17.3 Å². The average molecular weight is 172 g/mol. The van der Waals surface area contributed by atoms with E-state index >= 15 is 0 Å². The van der Waals surface area contributed by atoms with Crippen molar-refractivity contribution in [2.24, 2.45) is 17.3 Å². The lowest BCUT2D eigenvalue weighted by molar-refractivity contribution is 0.0000491. The lowest BCUT2D eigenvalue weighted by Crippen LogP contribution is -2.38. The lowest BCUT2D eigenvalue weighted by Gasteiger charge is -2.42. The van der Waals surface area contributed by atoms with Gasteiger partial charge in [0.25, 0.3) is 0 Å². The average Bonchev–Trinajstić information content (AvgIpc) is 2.02. The molecule has 2 atom stereocenters. The summed E-state index contributed by atoms with van der Waals surface area (Å²) < 4.78 is 0. The van der Waals surface area contributed by atoms with Gasteiger partial charge in [0.05, 0.1) is 0 Å². The topological polar surface area (TPSA) is 40.5 Å². The highest BCUT2D eigenvalue weighted by atomic mass is 16.3. The predicted molar refractivity (Wildman–Crippen MR) is 48.8 cm³/mol. The van der Waals surface area contributed by atoms with Gasteiger partial charge in [-0.3, -0.25) is 0 Å². The molecule has 1 aliphatic carbocycles. The summed E-state index contributed by atoms with van der Waals surface area (Å²) in [6.07, 6.45) is 3.44. The van der Waals surface area contributed by atoms with Crippen molar-refractivity contribution in [3.05, 3.63) is 0 Å². The quantitative estimate of drug-likeness (QED) is 0.661. The summed E-state index contributed by atoms with van der Waals surface area (Å²) in [4.78, 5) is 0. The van der Waals surface area contributed by atoms with Crippen LogP contribution in [0.1, 0.15) is 33.1 Å². The summed E-state index contributed by atoms with van der Waals surface area (Å²) in [5.41, 5.74) is 0.209. The zero-order chi connectivity index (χ0) is 9.19. The third kappa shape index (κ3) is 1.80. The Morgan fingerprint density at radius 1 is 1.25 bits per heavy atom. The van der Waals surface area contributed by atoms with Gasteiger partial charge in [-0.2, -0.15) is 0 Å². The molecule has 1 aliphatic rings. The van der Waals surface area contributed by atoms with Crippen LogP contribution in [0.3, 0.4) is 0 Å². The molecule has 1 saturated carbocycles. The van der Waals surface area contributed by atoms with Crippen LogP contribution in [0.4, 0.5) is 0 Å². The summed E-state index contributed by atoms with van der Waals surface area (Å²) in [7, 11) is 0. The van der Waals surface area contributed by atoms with E-state index in [1.165, 1.54) is 12.8 Å². The molecule has 0 radical (unpaired) electrons. The number of aliphatic hydroxyl groups is 2. The van der Waals surface area contributed by atoms with Gasteiger partial charge in [0.15, 0.2) is 0 Å². The van der Waals surface area contributed by atoms with Gasteiger partial charge in [0, 0.05) is 13.2 Å². The predicted octanol–water partition coefficient (Wildman–Crippen LogP) is 1.41. The molecule has 0 heterocycles. The lowest BCUT2D eigenvalue weighted by atomic mass is 9.64. The Bertz CT molecular complexity index is 143. The van der Waals surface area contributed by atoms with Crippen molar-refractivity contribution in [2.75, 3.05) is 13.2 Å². The van der Waals surface area contributed by atoms with E-state index in [4.69, 9.17) is 5.11 Å². The fourth-order valence-corrected chi connectivity index (χ4v) is 2.46. The molecule has 0 bridgehead atoms. The molecule has 72 valence electrons. The first-order chi connectivity index (χ1) is 5.61. The Hall–Kier alpha value is -0.0800. The molecule has 0 aromatic carbocycles. The Balaban J connectivity index is 2.66. The van der Waals surface area contributed by atoms with Crippen molar-refractivity contribution in [1.29, 1.82) is 0 Å². The van der Waals surface area contributed by atoms with Crippen LogP contribution in [0.5, 0.6) is 0 Å². The van der Waals surface area contributed by atoms with Crippen LogP contribution in [0.2, 0.25) is 0 Å². The second kappa shape index (κ2) is 3.75. The van der Waals surface area contributed by atoms with Crippen LogP contribution in [0.25, 0.3) is 0 Å². The van der Waals surface area contributed by atoms with Gasteiger partial charge in [0.2, 0.25) is 0 Å². The second-order valence-corrected chi connectivity index (χ2v) is 4.61. The van der Waals surface area contributed by atoms with E-state index in [1.807, 2.05) is 0 Å². The molecule has 0 aromatic rings. The second-order valence-electron chi connectivity index (χ2n) is 4.61. The van der Waals surface area contributed by atoms with E-state index in [0.717, 1.165) is 6.42 Å². The van der Waals surface area contributed by atoms with Crippen molar-refractivity contribution in [3.8, 4) is 0 Å². The summed E-state index contributed by atoms with van der Waals surface area (Å²) >= 11 is 0. The molecular weight excluding hydrogens is 152 g/mol. The Morgan fingerprint density at radius 2 is 1.92 bits per heavy atom. The van der Waals surface area contributed by atoms with Gasteiger partial charge in [-0.15, -0.1) is 0 Å². The number of hydrogen-bond donors (Lipinski definition) is 2. The van der Waals surface area contributed by atoms with Gasteiger partial charge < -0.3 is 10.2 Å². The van der Waals surface area contributed by atoms with Crippen LogP contribution >= 0.6 is 0 Å². The van der Waals surface area contributed by atoms with Gasteiger partial charge in [-0.05, 0) is 30.1 Å². The summed E-state index contributed by atoms with van der Waals surface area (Å²) in [6, 6.07) is 0. The summed E-state index contributed by atoms with van der Waals surface area (Å²) in [5, 5.41) is 18.3. The van der Waals surface area contributed by atoms with Crippen LogP contribution < -0.4 is 0 Å². The summed E-state index contributed by atoms with van der Waals surface area (Å²) in [5.74, 6) is 0.606. The minimum atomic E-state index is 0.209. The highest BCUT2D eigenvalue weighted by Gasteiger charge is 2.37. The first-order valence-corrected chi connectivity index (χ1v) is 4.83. The SMILES string of the molecule is CC1(C)CCCC(CO)C1CO. The van der Waals surface area contributed by atoms with Crippen LogP contribution in [-0.4, -0.2) is 23.4 Å². The maximum absolute atomic E-state index is 9.22. The first-order valence-electron chi connectivity index (χ1n) is 4.83. The minimum Gasteiger partial charge on any atom is -0.396 e. The number of aliphatic hydroxyl groups excluding tert-OH is 2. The minimum absolute atomic E-state index is 0.209. The zero-order valence-corrected chi connectivity index (χ0v) is 8.08. The molecule has 0 aromatic heterocycles. The third-order valence-corrected chi connectivity index (χ3v) is 3.40. The zero-order valence-electron chi connectivity index (χ0n) is 8.08. The highest BCUT2D eigenvalue weighted by Crippen LogP contribution is 2.43. The normalized spacial score (nSPS) is 35.0. The molecular formula is C10H20O2.